The maximum absolute atomic E-state index is 11.7. The van der Waals surface area contributed by atoms with E-state index < -0.39 is 5.54 Å². The smallest absolute Gasteiger partial charge is 0.325 e. The van der Waals surface area contributed by atoms with E-state index >= 15 is 0 Å². The monoisotopic (exact) mass is 309 g/mol. The number of thioether (sulfide) groups is 1. The van der Waals surface area contributed by atoms with E-state index in [2.05, 4.69) is 36.5 Å². The number of methoxy groups -OCH3 is 1. The van der Waals surface area contributed by atoms with Crippen LogP contribution in [0.4, 0.5) is 0 Å². The molecular formula is C17H27NO2S. The minimum Gasteiger partial charge on any atom is -0.468 e. The van der Waals surface area contributed by atoms with Gasteiger partial charge in [-0.25, -0.2) is 0 Å². The number of rotatable bonds is 9. The molecule has 0 aliphatic rings. The van der Waals surface area contributed by atoms with E-state index in [1.54, 1.807) is 0 Å². The predicted molar refractivity (Wildman–Crippen MR) is 90.7 cm³/mol. The summed E-state index contributed by atoms with van der Waals surface area (Å²) in [5.74, 6) is 2.00. The maximum Gasteiger partial charge on any atom is 0.325 e. The lowest BCUT2D eigenvalue weighted by atomic mass is 9.95. The Kier molecular flexibility index (Phi) is 7.83. The molecule has 0 saturated heterocycles. The van der Waals surface area contributed by atoms with E-state index in [0.717, 1.165) is 30.8 Å². The van der Waals surface area contributed by atoms with Gasteiger partial charge < -0.3 is 10.1 Å². The fourth-order valence-electron chi connectivity index (χ4n) is 2.19. The second-order valence-corrected chi connectivity index (χ2v) is 6.62. The van der Waals surface area contributed by atoms with Crippen molar-refractivity contribution in [3.8, 4) is 0 Å². The maximum atomic E-state index is 11.7. The number of carbonyl (C=O) groups is 1. The quantitative estimate of drug-likeness (QED) is 0.559. The number of ether oxygens (including phenoxy) is 1. The van der Waals surface area contributed by atoms with Gasteiger partial charge in [0.05, 0.1) is 7.11 Å². The van der Waals surface area contributed by atoms with Crippen molar-refractivity contribution in [2.24, 2.45) is 0 Å². The van der Waals surface area contributed by atoms with Gasteiger partial charge in [-0.2, -0.15) is 11.8 Å². The van der Waals surface area contributed by atoms with Gasteiger partial charge in [-0.1, -0.05) is 30.7 Å². The standard InChI is InChI=1S/C17H27NO2S/c1-14-9-5-6-10-15(14)13-21-12-8-7-11-17(2,18-3)16(19)20-4/h5-6,9-10,18H,7-8,11-13H2,1-4H3. The zero-order valence-electron chi connectivity index (χ0n) is 13.6. The normalized spacial score (nSPS) is 13.7. The van der Waals surface area contributed by atoms with Crippen molar-refractivity contribution in [3.05, 3.63) is 35.4 Å². The highest BCUT2D eigenvalue weighted by Crippen LogP contribution is 2.20. The first-order valence-electron chi connectivity index (χ1n) is 7.43. The lowest BCUT2D eigenvalue weighted by Crippen LogP contribution is -2.48. The molecule has 4 heteroatoms. The number of hydrogen-bond acceptors (Lipinski definition) is 4. The molecule has 1 rings (SSSR count). The molecule has 0 aliphatic carbocycles. The second-order valence-electron chi connectivity index (χ2n) is 5.51. The van der Waals surface area contributed by atoms with Crippen LogP contribution in [-0.4, -0.2) is 31.4 Å². The molecule has 1 unspecified atom stereocenters. The molecule has 0 radical (unpaired) electrons. The Hall–Kier alpha value is -1.00. The van der Waals surface area contributed by atoms with Crippen molar-refractivity contribution >= 4 is 17.7 Å². The number of unbranched alkanes of at least 4 members (excludes halogenated alkanes) is 1. The van der Waals surface area contributed by atoms with E-state index in [4.69, 9.17) is 4.74 Å². The van der Waals surface area contributed by atoms with Crippen LogP contribution in [0, 0.1) is 6.92 Å². The van der Waals surface area contributed by atoms with Gasteiger partial charge in [0, 0.05) is 5.75 Å². The molecule has 1 N–H and O–H groups in total. The van der Waals surface area contributed by atoms with Crippen molar-refractivity contribution in [2.45, 2.75) is 44.4 Å². The Balaban J connectivity index is 2.23. The fraction of sp³-hybridized carbons (Fsp3) is 0.588. The van der Waals surface area contributed by atoms with Gasteiger partial charge in [0.2, 0.25) is 0 Å². The zero-order valence-corrected chi connectivity index (χ0v) is 14.4. The van der Waals surface area contributed by atoms with Crippen LogP contribution in [0.1, 0.15) is 37.3 Å². The Morgan fingerprint density at radius 1 is 1.33 bits per heavy atom. The summed E-state index contributed by atoms with van der Waals surface area (Å²) in [6.07, 6.45) is 2.94. The summed E-state index contributed by atoms with van der Waals surface area (Å²) in [5, 5.41) is 3.07. The van der Waals surface area contributed by atoms with Crippen LogP contribution in [0.5, 0.6) is 0 Å². The summed E-state index contributed by atoms with van der Waals surface area (Å²) in [7, 11) is 3.25. The van der Waals surface area contributed by atoms with Crippen LogP contribution in [0.25, 0.3) is 0 Å². The summed E-state index contributed by atoms with van der Waals surface area (Å²) in [5.41, 5.74) is 2.21. The number of hydrogen-bond donors (Lipinski definition) is 1. The Morgan fingerprint density at radius 2 is 2.05 bits per heavy atom. The highest BCUT2D eigenvalue weighted by Gasteiger charge is 2.31. The third kappa shape index (κ3) is 5.71. The molecule has 0 aromatic heterocycles. The molecule has 1 aromatic carbocycles. The molecule has 118 valence electrons. The number of likely N-dealkylation sites (N-methyl/N-ethyl adjacent to an activating group) is 1. The van der Waals surface area contributed by atoms with E-state index in [-0.39, 0.29) is 5.97 Å². The minimum atomic E-state index is -0.560. The largest absolute Gasteiger partial charge is 0.468 e. The molecule has 1 atom stereocenters. The topological polar surface area (TPSA) is 38.3 Å². The number of aryl methyl sites for hydroxylation is 1. The van der Waals surface area contributed by atoms with Crippen molar-refractivity contribution < 1.29 is 9.53 Å². The number of nitrogens with one attached hydrogen (secondary N) is 1. The van der Waals surface area contributed by atoms with Crippen LogP contribution in [0.15, 0.2) is 24.3 Å². The Morgan fingerprint density at radius 3 is 2.67 bits per heavy atom. The summed E-state index contributed by atoms with van der Waals surface area (Å²) in [6, 6.07) is 8.52. The zero-order chi connectivity index (χ0) is 15.7. The number of benzene rings is 1. The van der Waals surface area contributed by atoms with Gasteiger partial charge in [0.1, 0.15) is 5.54 Å². The molecule has 0 amide bonds. The Bertz CT molecular complexity index is 450. The lowest BCUT2D eigenvalue weighted by Gasteiger charge is -2.25. The summed E-state index contributed by atoms with van der Waals surface area (Å²) in [4.78, 5) is 11.7. The SMILES string of the molecule is CNC(C)(CCCCSCc1ccccc1C)C(=O)OC. The third-order valence-electron chi connectivity index (χ3n) is 3.92. The van der Waals surface area contributed by atoms with Crippen molar-refractivity contribution in [3.63, 3.8) is 0 Å². The molecule has 0 heterocycles. The number of carbonyl (C=O) groups excluding carboxylic acids is 1. The van der Waals surface area contributed by atoms with E-state index in [1.165, 1.54) is 18.2 Å². The highest BCUT2D eigenvalue weighted by molar-refractivity contribution is 7.98. The van der Waals surface area contributed by atoms with Crippen LogP contribution >= 0.6 is 11.8 Å². The van der Waals surface area contributed by atoms with Gasteiger partial charge in [-0.3, -0.25) is 4.79 Å². The van der Waals surface area contributed by atoms with Crippen LogP contribution < -0.4 is 5.32 Å². The molecule has 1 aromatic rings. The van der Waals surface area contributed by atoms with Gasteiger partial charge >= 0.3 is 5.97 Å². The predicted octanol–water partition coefficient (Wildman–Crippen LogP) is 3.55. The molecule has 21 heavy (non-hydrogen) atoms. The van der Waals surface area contributed by atoms with E-state index in [9.17, 15) is 4.79 Å². The first kappa shape index (κ1) is 18.1. The van der Waals surface area contributed by atoms with Crippen molar-refractivity contribution in [1.82, 2.24) is 5.32 Å². The summed E-state index contributed by atoms with van der Waals surface area (Å²) < 4.78 is 4.85. The molecule has 0 aliphatic heterocycles. The van der Waals surface area contributed by atoms with E-state index in [1.807, 2.05) is 25.7 Å². The van der Waals surface area contributed by atoms with Gasteiger partial charge in [-0.15, -0.1) is 0 Å². The average Bonchev–Trinajstić information content (AvgIpc) is 2.51. The van der Waals surface area contributed by atoms with Crippen LogP contribution in [-0.2, 0) is 15.3 Å². The fourth-order valence-corrected chi connectivity index (χ4v) is 3.29. The average molecular weight is 309 g/mol. The number of esters is 1. The van der Waals surface area contributed by atoms with Crippen molar-refractivity contribution in [1.29, 1.82) is 0 Å². The van der Waals surface area contributed by atoms with Crippen LogP contribution in [0.2, 0.25) is 0 Å². The third-order valence-corrected chi connectivity index (χ3v) is 5.01. The van der Waals surface area contributed by atoms with Gasteiger partial charge in [0.15, 0.2) is 0 Å². The molecule has 0 bridgehead atoms. The summed E-state index contributed by atoms with van der Waals surface area (Å²) >= 11 is 1.96. The second kappa shape index (κ2) is 9.11. The van der Waals surface area contributed by atoms with Gasteiger partial charge in [0.25, 0.3) is 0 Å². The summed E-state index contributed by atoms with van der Waals surface area (Å²) in [6.45, 7) is 4.06. The lowest BCUT2D eigenvalue weighted by molar-refractivity contribution is -0.148. The highest BCUT2D eigenvalue weighted by atomic mass is 32.2. The van der Waals surface area contributed by atoms with E-state index in [0.29, 0.717) is 0 Å². The van der Waals surface area contributed by atoms with Crippen molar-refractivity contribution in [2.75, 3.05) is 19.9 Å². The first-order chi connectivity index (χ1) is 10.0. The van der Waals surface area contributed by atoms with Crippen LogP contribution in [0.3, 0.4) is 0 Å². The first-order valence-corrected chi connectivity index (χ1v) is 8.58. The van der Waals surface area contributed by atoms with Gasteiger partial charge in [-0.05, 0) is 50.6 Å². The Labute approximate surface area is 132 Å². The minimum absolute atomic E-state index is 0.183. The molecule has 0 saturated carbocycles. The molecule has 3 nitrogen and oxygen atoms in total. The molecule has 0 fully saturated rings. The molecular weight excluding hydrogens is 282 g/mol. The molecule has 0 spiro atoms.